The average Bonchev–Trinajstić information content (AvgIpc) is 3.40. The highest BCUT2D eigenvalue weighted by atomic mass is 14.2. The summed E-state index contributed by atoms with van der Waals surface area (Å²) in [5.41, 5.74) is 24.7. The Morgan fingerprint density at radius 1 is 0.292 bits per heavy atom. The number of rotatable bonds is 12. The molecule has 0 amide bonds. The van der Waals surface area contributed by atoms with Crippen LogP contribution in [0.2, 0.25) is 0 Å². The van der Waals surface area contributed by atoms with Crippen molar-refractivity contribution < 1.29 is 0 Å². The average molecular weight is 931 g/mol. The first kappa shape index (κ1) is 48.9. The fraction of sp³-hybridized carbons (Fsp3) is 0.139. The van der Waals surface area contributed by atoms with E-state index in [1.165, 1.54) is 100 Å². The van der Waals surface area contributed by atoms with Gasteiger partial charge in [0, 0.05) is 0 Å². The molecular weight excluding hydrogens is 865 g/mol. The Bertz CT molecular complexity index is 3160. The van der Waals surface area contributed by atoms with Gasteiger partial charge in [0.1, 0.15) is 0 Å². The Kier molecular flexibility index (Phi) is 14.6. The first-order chi connectivity index (χ1) is 34.8. The Morgan fingerprint density at radius 3 is 0.944 bits per heavy atom. The summed E-state index contributed by atoms with van der Waals surface area (Å²) in [7, 11) is 0. The zero-order valence-corrected chi connectivity index (χ0v) is 43.2. The largest absolute Gasteiger partial charge is 0.0622 e. The first-order valence-electron chi connectivity index (χ1n) is 25.4. The molecule has 0 spiro atoms. The van der Waals surface area contributed by atoms with E-state index in [2.05, 4.69) is 310 Å². The molecule has 72 heavy (non-hydrogen) atoms. The van der Waals surface area contributed by atoms with E-state index in [4.69, 9.17) is 0 Å². The summed E-state index contributed by atoms with van der Waals surface area (Å²) in [5, 5.41) is 0. The van der Waals surface area contributed by atoms with E-state index < -0.39 is 0 Å². The van der Waals surface area contributed by atoms with Gasteiger partial charge in [0.05, 0.1) is 0 Å². The summed E-state index contributed by atoms with van der Waals surface area (Å²) in [4.78, 5) is 0. The highest BCUT2D eigenvalue weighted by Gasteiger charge is 2.17. The zero-order chi connectivity index (χ0) is 50.2. The lowest BCUT2D eigenvalue weighted by molar-refractivity contribution is 0.590. The highest BCUT2D eigenvalue weighted by Crippen LogP contribution is 2.37. The minimum absolute atomic E-state index is 0.109. The lowest BCUT2D eigenvalue weighted by atomic mass is 9.85. The van der Waals surface area contributed by atoms with Crippen molar-refractivity contribution >= 4 is 47.6 Å². The van der Waals surface area contributed by atoms with Crippen molar-refractivity contribution in [3.63, 3.8) is 0 Å². The minimum Gasteiger partial charge on any atom is -0.0622 e. The first-order valence-corrected chi connectivity index (χ1v) is 25.4. The van der Waals surface area contributed by atoms with E-state index in [0.717, 1.165) is 11.1 Å². The normalized spacial score (nSPS) is 12.5. The molecule has 0 heterocycles. The number of aryl methyl sites for hydroxylation is 2. The molecule has 0 nitrogen and oxygen atoms in total. The third kappa shape index (κ3) is 11.7. The van der Waals surface area contributed by atoms with Crippen molar-refractivity contribution in [1.82, 2.24) is 0 Å². The molecule has 0 saturated heterocycles. The fourth-order valence-corrected chi connectivity index (χ4v) is 9.49. The van der Waals surface area contributed by atoms with E-state index in [1.807, 2.05) is 0 Å². The van der Waals surface area contributed by atoms with E-state index in [1.54, 1.807) is 0 Å². The molecule has 9 aromatic carbocycles. The van der Waals surface area contributed by atoms with Gasteiger partial charge < -0.3 is 0 Å². The van der Waals surface area contributed by atoms with Crippen LogP contribution in [0, 0.1) is 13.8 Å². The topological polar surface area (TPSA) is 0 Å². The molecule has 354 valence electrons. The second-order valence-corrected chi connectivity index (χ2v) is 21.2. The molecule has 0 aliphatic rings. The molecule has 0 unspecified atom stereocenters. The van der Waals surface area contributed by atoms with Crippen molar-refractivity contribution in [1.29, 1.82) is 0 Å². The molecule has 9 rings (SSSR count). The predicted octanol–water partition coefficient (Wildman–Crippen LogP) is 19.8. The Morgan fingerprint density at radius 2 is 0.597 bits per heavy atom. The maximum absolute atomic E-state index is 2.37. The number of hydrogen-bond acceptors (Lipinski definition) is 0. The molecule has 0 aliphatic heterocycles. The van der Waals surface area contributed by atoms with Crippen molar-refractivity contribution in [2.45, 2.75) is 66.2 Å². The summed E-state index contributed by atoms with van der Waals surface area (Å²) in [6, 6.07) is 79.5. The second-order valence-electron chi connectivity index (χ2n) is 21.2. The van der Waals surface area contributed by atoms with Gasteiger partial charge in [-0.05, 0) is 148 Å². The lowest BCUT2D eigenvalue weighted by Gasteiger charge is -2.19. The predicted molar refractivity (Wildman–Crippen MR) is 315 cm³/mol. The molecule has 0 aliphatic carbocycles. The Labute approximate surface area is 430 Å². The van der Waals surface area contributed by atoms with Crippen LogP contribution in [-0.2, 0) is 10.8 Å². The van der Waals surface area contributed by atoms with Gasteiger partial charge in [-0.3, -0.25) is 0 Å². The SMILES string of the molecule is Cc1cc(-c2ccccc2/C=C\c2ccc(C=C(c3ccccc3)c3ccc(C(C)(C)C)cc3)cc2)c(C)cc1-c1ccccc1C=Cc1ccc(C=C(c2ccccc2)c2ccc(C(C)(C)C)cc2)cc1. The molecule has 0 fully saturated rings. The van der Waals surface area contributed by atoms with Crippen LogP contribution >= 0.6 is 0 Å². The van der Waals surface area contributed by atoms with E-state index in [-0.39, 0.29) is 10.8 Å². The third-order valence-corrected chi connectivity index (χ3v) is 13.8. The molecule has 0 aromatic heterocycles. The number of hydrogen-bond donors (Lipinski definition) is 0. The van der Waals surface area contributed by atoms with Gasteiger partial charge in [0.15, 0.2) is 0 Å². The van der Waals surface area contributed by atoms with E-state index in [0.29, 0.717) is 0 Å². The van der Waals surface area contributed by atoms with E-state index >= 15 is 0 Å². The van der Waals surface area contributed by atoms with Crippen LogP contribution in [0.4, 0.5) is 0 Å². The maximum atomic E-state index is 2.37. The lowest BCUT2D eigenvalue weighted by Crippen LogP contribution is -2.10. The third-order valence-electron chi connectivity index (χ3n) is 13.8. The summed E-state index contributed by atoms with van der Waals surface area (Å²) in [6.07, 6.45) is 13.6. The van der Waals surface area contributed by atoms with Crippen LogP contribution in [0.1, 0.15) is 119 Å². The molecule has 0 bridgehead atoms. The van der Waals surface area contributed by atoms with Gasteiger partial charge in [-0.1, -0.05) is 284 Å². The molecule has 0 atom stereocenters. The molecule has 0 radical (unpaired) electrons. The second kappa shape index (κ2) is 21.5. The van der Waals surface area contributed by atoms with Crippen LogP contribution in [-0.4, -0.2) is 0 Å². The van der Waals surface area contributed by atoms with Gasteiger partial charge in [0.2, 0.25) is 0 Å². The van der Waals surface area contributed by atoms with Crippen molar-refractivity contribution in [3.8, 4) is 22.3 Å². The van der Waals surface area contributed by atoms with Crippen LogP contribution in [0.25, 0.3) is 69.9 Å². The highest BCUT2D eigenvalue weighted by molar-refractivity contribution is 5.93. The summed E-state index contributed by atoms with van der Waals surface area (Å²) >= 11 is 0. The molecular formula is C72H66. The van der Waals surface area contributed by atoms with Gasteiger partial charge in [0.25, 0.3) is 0 Å². The standard InChI is InChI=1S/C72H66/c1-51-47-68(66-26-18-16-24-60(66)38-36-54-29-33-56(34-30-54)50-70(58-21-13-10-14-22-58)62-41-45-64(46-42-62)72(6,7)8)52(2)48-67(51)65-25-17-15-23-59(65)37-35-53-27-31-55(32-28-53)49-69(57-19-11-9-12-20-57)61-39-43-63(44-40-61)71(3,4)5/h9-50H,1-8H3/b37-35-,38-36?,69-49?,70-50?. The fourth-order valence-electron chi connectivity index (χ4n) is 9.49. The van der Waals surface area contributed by atoms with E-state index in [9.17, 15) is 0 Å². The number of benzene rings is 9. The van der Waals surface area contributed by atoms with Gasteiger partial charge in [-0.2, -0.15) is 0 Å². The summed E-state index contributed by atoms with van der Waals surface area (Å²) in [6.45, 7) is 18.1. The minimum atomic E-state index is 0.109. The van der Waals surface area contributed by atoms with Crippen LogP contribution in [0.3, 0.4) is 0 Å². The van der Waals surface area contributed by atoms with Gasteiger partial charge in [-0.15, -0.1) is 0 Å². The monoisotopic (exact) mass is 931 g/mol. The van der Waals surface area contributed by atoms with Crippen LogP contribution in [0.5, 0.6) is 0 Å². The zero-order valence-electron chi connectivity index (χ0n) is 43.2. The molecule has 0 N–H and O–H groups in total. The van der Waals surface area contributed by atoms with Gasteiger partial charge in [-0.25, -0.2) is 0 Å². The maximum Gasteiger partial charge on any atom is -0.0105 e. The quantitative estimate of drug-likeness (QED) is 0.107. The van der Waals surface area contributed by atoms with Crippen molar-refractivity contribution in [2.24, 2.45) is 0 Å². The Balaban J connectivity index is 0.931. The van der Waals surface area contributed by atoms with Crippen LogP contribution < -0.4 is 0 Å². The van der Waals surface area contributed by atoms with Gasteiger partial charge >= 0.3 is 0 Å². The van der Waals surface area contributed by atoms with Crippen molar-refractivity contribution in [3.05, 3.63) is 296 Å². The molecule has 0 saturated carbocycles. The summed E-state index contributed by atoms with van der Waals surface area (Å²) < 4.78 is 0. The summed E-state index contributed by atoms with van der Waals surface area (Å²) in [5.74, 6) is 0. The molecule has 0 heteroatoms. The smallest absolute Gasteiger partial charge is 0.0105 e. The van der Waals surface area contributed by atoms with Crippen LogP contribution in [0.15, 0.2) is 218 Å². The Hall–Kier alpha value is -8.06. The molecule has 9 aromatic rings. The van der Waals surface area contributed by atoms with Crippen molar-refractivity contribution in [2.75, 3.05) is 0 Å².